The van der Waals surface area contributed by atoms with E-state index in [2.05, 4.69) is 22.4 Å². The van der Waals surface area contributed by atoms with Crippen LogP contribution < -0.4 is 5.32 Å². The molecule has 5 heteroatoms. The first-order chi connectivity index (χ1) is 10.6. The van der Waals surface area contributed by atoms with Crippen molar-refractivity contribution in [1.29, 1.82) is 0 Å². The highest BCUT2D eigenvalue weighted by molar-refractivity contribution is 5.34. The number of aliphatic hydroxyl groups is 1. The number of nitrogens with one attached hydrogen (secondary N) is 1. The number of hydrogen-bond donors (Lipinski definition) is 2. The predicted molar refractivity (Wildman–Crippen MR) is 83.5 cm³/mol. The van der Waals surface area contributed by atoms with Crippen LogP contribution in [-0.2, 0) is 12.1 Å². The van der Waals surface area contributed by atoms with Crippen molar-refractivity contribution in [2.24, 2.45) is 0 Å². The average molecular weight is 297 g/mol. The van der Waals surface area contributed by atoms with Crippen LogP contribution in [0.1, 0.15) is 18.2 Å². The Balaban J connectivity index is 1.56. The molecule has 3 aromatic rings. The second-order valence-electron chi connectivity index (χ2n) is 5.49. The first-order valence-electron chi connectivity index (χ1n) is 7.19. The molecular formula is C17H19N3O2. The van der Waals surface area contributed by atoms with Gasteiger partial charge in [-0.05, 0) is 36.8 Å². The fourth-order valence-electron chi connectivity index (χ4n) is 2.32. The first kappa shape index (κ1) is 14.6. The lowest BCUT2D eigenvalue weighted by molar-refractivity contribution is 0.0340. The molecule has 2 N–H and O–H groups in total. The zero-order valence-electron chi connectivity index (χ0n) is 12.4. The van der Waals surface area contributed by atoms with Gasteiger partial charge in [0.05, 0.1) is 12.6 Å². The Labute approximate surface area is 129 Å². The van der Waals surface area contributed by atoms with E-state index in [4.69, 9.17) is 4.42 Å². The molecule has 0 saturated heterocycles. The van der Waals surface area contributed by atoms with Gasteiger partial charge in [-0.3, -0.25) is 0 Å². The molecule has 5 nitrogen and oxygen atoms in total. The Morgan fingerprint density at radius 1 is 1.27 bits per heavy atom. The maximum Gasteiger partial charge on any atom is 0.136 e. The van der Waals surface area contributed by atoms with Gasteiger partial charge in [0.25, 0.3) is 0 Å². The third-order valence-corrected chi connectivity index (χ3v) is 3.59. The summed E-state index contributed by atoms with van der Waals surface area (Å²) < 4.78 is 7.22. The van der Waals surface area contributed by atoms with E-state index >= 15 is 0 Å². The molecule has 3 rings (SSSR count). The fourth-order valence-corrected chi connectivity index (χ4v) is 2.32. The van der Waals surface area contributed by atoms with Gasteiger partial charge in [-0.2, -0.15) is 0 Å². The largest absolute Gasteiger partial charge is 0.466 e. The molecule has 2 heterocycles. The molecule has 1 aromatic carbocycles. The van der Waals surface area contributed by atoms with E-state index in [9.17, 15) is 5.11 Å². The molecule has 0 fully saturated rings. The molecule has 0 spiro atoms. The quantitative estimate of drug-likeness (QED) is 0.733. The summed E-state index contributed by atoms with van der Waals surface area (Å²) in [5, 5.41) is 13.6. The van der Waals surface area contributed by atoms with Crippen molar-refractivity contribution < 1.29 is 9.52 Å². The number of rotatable bonds is 6. The van der Waals surface area contributed by atoms with Crippen molar-refractivity contribution in [3.05, 3.63) is 72.7 Å². The van der Waals surface area contributed by atoms with Crippen LogP contribution in [0, 0.1) is 0 Å². The Morgan fingerprint density at radius 3 is 2.73 bits per heavy atom. The van der Waals surface area contributed by atoms with Gasteiger partial charge >= 0.3 is 0 Å². The first-order valence-corrected chi connectivity index (χ1v) is 7.19. The lowest BCUT2D eigenvalue weighted by Crippen LogP contribution is -2.34. The molecule has 114 valence electrons. The molecule has 2 aromatic heterocycles. The van der Waals surface area contributed by atoms with Crippen LogP contribution in [0.2, 0.25) is 0 Å². The number of aromatic nitrogens is 2. The molecular weight excluding hydrogens is 278 g/mol. The molecule has 0 radical (unpaired) electrons. The molecule has 22 heavy (non-hydrogen) atoms. The summed E-state index contributed by atoms with van der Waals surface area (Å²) in [6.45, 7) is 2.84. The Kier molecular flexibility index (Phi) is 4.09. The van der Waals surface area contributed by atoms with Gasteiger partial charge in [-0.15, -0.1) is 0 Å². The highest BCUT2D eigenvalue weighted by atomic mass is 16.4. The Bertz CT molecular complexity index is 686. The van der Waals surface area contributed by atoms with E-state index in [1.54, 1.807) is 37.8 Å². The van der Waals surface area contributed by atoms with Crippen molar-refractivity contribution in [2.75, 3.05) is 6.54 Å². The lowest BCUT2D eigenvalue weighted by Gasteiger charge is -2.21. The summed E-state index contributed by atoms with van der Waals surface area (Å²) in [7, 11) is 0. The number of benzene rings is 1. The summed E-state index contributed by atoms with van der Waals surface area (Å²) in [5.74, 6) is 0.565. The molecule has 1 unspecified atom stereocenters. The molecule has 0 aliphatic carbocycles. The van der Waals surface area contributed by atoms with Crippen molar-refractivity contribution in [3.8, 4) is 5.69 Å². The standard InChI is InChI=1S/C17H19N3O2/c1-17(21,16-3-2-10-22-16)12-19-11-14-4-6-15(7-5-14)20-9-8-18-13-20/h2-10,13,19,21H,11-12H2,1H3. The number of imidazole rings is 1. The van der Waals surface area contributed by atoms with Gasteiger partial charge in [0.2, 0.25) is 0 Å². The fraction of sp³-hybridized carbons (Fsp3) is 0.235. The van der Waals surface area contributed by atoms with Crippen LogP contribution in [-0.4, -0.2) is 21.2 Å². The van der Waals surface area contributed by atoms with Gasteiger partial charge in [0, 0.05) is 31.2 Å². The molecule has 0 aliphatic heterocycles. The van der Waals surface area contributed by atoms with Gasteiger partial charge in [-0.25, -0.2) is 4.98 Å². The second kappa shape index (κ2) is 6.17. The lowest BCUT2D eigenvalue weighted by atomic mass is 10.0. The number of hydrogen-bond acceptors (Lipinski definition) is 4. The topological polar surface area (TPSA) is 63.2 Å². The number of nitrogens with zero attached hydrogens (tertiary/aromatic N) is 2. The van der Waals surface area contributed by atoms with Crippen LogP contribution in [0.3, 0.4) is 0 Å². The summed E-state index contributed by atoms with van der Waals surface area (Å²) in [6, 6.07) is 11.8. The minimum absolute atomic E-state index is 0.420. The minimum Gasteiger partial charge on any atom is -0.466 e. The molecule has 0 saturated carbocycles. The Morgan fingerprint density at radius 2 is 2.09 bits per heavy atom. The van der Waals surface area contributed by atoms with E-state index in [0.29, 0.717) is 18.8 Å². The smallest absolute Gasteiger partial charge is 0.136 e. The van der Waals surface area contributed by atoms with E-state index in [1.807, 2.05) is 22.9 Å². The predicted octanol–water partition coefficient (Wildman–Crippen LogP) is 2.46. The van der Waals surface area contributed by atoms with E-state index in [1.165, 1.54) is 0 Å². The normalized spacial score (nSPS) is 13.9. The van der Waals surface area contributed by atoms with Crippen LogP contribution >= 0.6 is 0 Å². The highest BCUT2D eigenvalue weighted by Crippen LogP contribution is 2.20. The number of furan rings is 1. The zero-order valence-corrected chi connectivity index (χ0v) is 12.4. The summed E-state index contributed by atoms with van der Waals surface area (Å²) >= 11 is 0. The van der Waals surface area contributed by atoms with Crippen molar-refractivity contribution in [2.45, 2.75) is 19.1 Å². The van der Waals surface area contributed by atoms with Crippen LogP contribution in [0.15, 0.2) is 65.8 Å². The Hall–Kier alpha value is -2.37. The van der Waals surface area contributed by atoms with Crippen LogP contribution in [0.25, 0.3) is 5.69 Å². The summed E-state index contributed by atoms with van der Waals surface area (Å²) in [5.41, 5.74) is 1.21. The molecule has 1 atom stereocenters. The zero-order chi connectivity index (χ0) is 15.4. The van der Waals surface area contributed by atoms with E-state index in [0.717, 1.165) is 11.3 Å². The SMILES string of the molecule is CC(O)(CNCc1ccc(-n2ccnc2)cc1)c1ccco1. The van der Waals surface area contributed by atoms with Gasteiger partial charge in [-0.1, -0.05) is 12.1 Å². The highest BCUT2D eigenvalue weighted by Gasteiger charge is 2.25. The van der Waals surface area contributed by atoms with Crippen molar-refractivity contribution >= 4 is 0 Å². The van der Waals surface area contributed by atoms with Crippen molar-refractivity contribution in [1.82, 2.24) is 14.9 Å². The maximum atomic E-state index is 10.4. The minimum atomic E-state index is -1.01. The summed E-state index contributed by atoms with van der Waals surface area (Å²) in [4.78, 5) is 4.04. The monoisotopic (exact) mass is 297 g/mol. The second-order valence-corrected chi connectivity index (χ2v) is 5.49. The molecule has 0 bridgehead atoms. The van der Waals surface area contributed by atoms with E-state index < -0.39 is 5.60 Å². The third kappa shape index (κ3) is 3.27. The molecule has 0 amide bonds. The average Bonchev–Trinajstić information content (AvgIpc) is 3.22. The molecule has 0 aliphatic rings. The van der Waals surface area contributed by atoms with E-state index in [-0.39, 0.29) is 0 Å². The maximum absolute atomic E-state index is 10.4. The van der Waals surface area contributed by atoms with Crippen LogP contribution in [0.4, 0.5) is 0 Å². The third-order valence-electron chi connectivity index (χ3n) is 3.59. The van der Waals surface area contributed by atoms with Crippen LogP contribution in [0.5, 0.6) is 0 Å². The van der Waals surface area contributed by atoms with Gasteiger partial charge in [0.15, 0.2) is 0 Å². The van der Waals surface area contributed by atoms with Gasteiger partial charge < -0.3 is 19.4 Å². The van der Waals surface area contributed by atoms with Crippen molar-refractivity contribution in [3.63, 3.8) is 0 Å². The van der Waals surface area contributed by atoms with Gasteiger partial charge in [0.1, 0.15) is 11.4 Å². The summed E-state index contributed by atoms with van der Waals surface area (Å²) in [6.07, 6.45) is 7.01.